The zero-order valence-corrected chi connectivity index (χ0v) is 8.17. The summed E-state index contributed by atoms with van der Waals surface area (Å²) in [6.45, 7) is 6.88. The van der Waals surface area contributed by atoms with Crippen molar-refractivity contribution in [3.63, 3.8) is 0 Å². The molecule has 0 radical (unpaired) electrons. The predicted octanol–water partition coefficient (Wildman–Crippen LogP) is 2.53. The number of hydrogen-bond acceptors (Lipinski definition) is 1. The topological polar surface area (TPSA) is 20.2 Å². The Labute approximate surface area is 74.8 Å². The van der Waals surface area contributed by atoms with E-state index in [-0.39, 0.29) is 17.4 Å². The molecular weight excluding hydrogens is 148 g/mol. The van der Waals surface area contributed by atoms with Gasteiger partial charge in [-0.25, -0.2) is 0 Å². The first-order valence-electron chi connectivity index (χ1n) is 4.50. The molecule has 1 N–H and O–H groups in total. The van der Waals surface area contributed by atoms with Crippen LogP contribution < -0.4 is 0 Å². The van der Waals surface area contributed by atoms with Crippen LogP contribution in [-0.2, 0) is 0 Å². The number of allylic oxidation sites excluding steroid dienone is 4. The maximum Gasteiger partial charge on any atom is 0.0439 e. The van der Waals surface area contributed by atoms with Crippen molar-refractivity contribution >= 4 is 0 Å². The fourth-order valence-corrected chi connectivity index (χ4v) is 1.61. The van der Waals surface area contributed by atoms with Crippen molar-refractivity contribution in [2.75, 3.05) is 6.61 Å². The van der Waals surface area contributed by atoms with Crippen molar-refractivity contribution in [1.82, 2.24) is 0 Å². The molecule has 0 aromatic rings. The molecule has 1 unspecified atom stereocenters. The average Bonchev–Trinajstić information content (AvgIpc) is 1.96. The van der Waals surface area contributed by atoms with Gasteiger partial charge < -0.3 is 5.11 Å². The van der Waals surface area contributed by atoms with E-state index in [2.05, 4.69) is 45.1 Å². The van der Waals surface area contributed by atoms with Crippen LogP contribution in [-0.4, -0.2) is 11.7 Å². The highest BCUT2D eigenvalue weighted by atomic mass is 16.3. The SMILES string of the molecule is CC1(C)C=CC=CC1(C)CCO. The van der Waals surface area contributed by atoms with Gasteiger partial charge in [0, 0.05) is 6.61 Å². The van der Waals surface area contributed by atoms with Gasteiger partial charge >= 0.3 is 0 Å². The van der Waals surface area contributed by atoms with Crippen LogP contribution in [0.25, 0.3) is 0 Å². The van der Waals surface area contributed by atoms with E-state index in [1.54, 1.807) is 0 Å². The molecule has 1 rings (SSSR count). The van der Waals surface area contributed by atoms with E-state index < -0.39 is 0 Å². The Kier molecular flexibility index (Phi) is 2.43. The second kappa shape index (κ2) is 3.06. The molecule has 0 heterocycles. The summed E-state index contributed by atoms with van der Waals surface area (Å²) in [5.41, 5.74) is 0.265. The lowest BCUT2D eigenvalue weighted by atomic mass is 9.63. The Hall–Kier alpha value is -0.560. The molecule has 0 amide bonds. The molecule has 0 saturated carbocycles. The molecule has 0 aromatic heterocycles. The Morgan fingerprint density at radius 3 is 2.17 bits per heavy atom. The summed E-state index contributed by atoms with van der Waals surface area (Å²) >= 11 is 0. The largest absolute Gasteiger partial charge is 0.396 e. The minimum Gasteiger partial charge on any atom is -0.396 e. The monoisotopic (exact) mass is 166 g/mol. The van der Waals surface area contributed by atoms with Crippen molar-refractivity contribution in [3.8, 4) is 0 Å². The highest BCUT2D eigenvalue weighted by Gasteiger charge is 2.37. The maximum atomic E-state index is 8.96. The lowest BCUT2D eigenvalue weighted by molar-refractivity contribution is 0.141. The van der Waals surface area contributed by atoms with Gasteiger partial charge in [-0.3, -0.25) is 0 Å². The van der Waals surface area contributed by atoms with Gasteiger partial charge in [-0.1, -0.05) is 45.1 Å². The Morgan fingerprint density at radius 2 is 1.67 bits per heavy atom. The molecule has 0 fully saturated rings. The molecule has 0 aliphatic heterocycles. The molecule has 1 aliphatic rings. The van der Waals surface area contributed by atoms with E-state index in [4.69, 9.17) is 5.11 Å². The highest BCUT2D eigenvalue weighted by Crippen LogP contribution is 2.45. The van der Waals surface area contributed by atoms with E-state index in [1.807, 2.05) is 0 Å². The molecule has 1 atom stereocenters. The van der Waals surface area contributed by atoms with Gasteiger partial charge in [-0.15, -0.1) is 0 Å². The zero-order valence-electron chi connectivity index (χ0n) is 8.17. The van der Waals surface area contributed by atoms with Crippen LogP contribution >= 0.6 is 0 Å². The minimum atomic E-state index is 0.108. The van der Waals surface area contributed by atoms with Gasteiger partial charge in [0.2, 0.25) is 0 Å². The summed E-state index contributed by atoms with van der Waals surface area (Å²) in [5.74, 6) is 0. The van der Waals surface area contributed by atoms with Gasteiger partial charge in [0.1, 0.15) is 0 Å². The van der Waals surface area contributed by atoms with Crippen molar-refractivity contribution in [2.24, 2.45) is 10.8 Å². The quantitative estimate of drug-likeness (QED) is 0.668. The summed E-state index contributed by atoms with van der Waals surface area (Å²) in [4.78, 5) is 0. The molecule has 0 spiro atoms. The standard InChI is InChI=1S/C11H18O/c1-10(2)6-4-5-7-11(10,3)8-9-12/h4-7,12H,8-9H2,1-3H3. The van der Waals surface area contributed by atoms with E-state index in [0.717, 1.165) is 6.42 Å². The predicted molar refractivity (Wildman–Crippen MR) is 51.9 cm³/mol. The zero-order chi connectivity index (χ0) is 9.24. The average molecular weight is 166 g/mol. The lowest BCUT2D eigenvalue weighted by Gasteiger charge is -2.41. The van der Waals surface area contributed by atoms with Gasteiger partial charge in [-0.2, -0.15) is 0 Å². The number of hydrogen-bond donors (Lipinski definition) is 1. The fraction of sp³-hybridized carbons (Fsp3) is 0.636. The molecule has 1 aliphatic carbocycles. The van der Waals surface area contributed by atoms with Crippen molar-refractivity contribution in [2.45, 2.75) is 27.2 Å². The molecule has 1 heteroatoms. The number of rotatable bonds is 2. The van der Waals surface area contributed by atoms with Crippen molar-refractivity contribution < 1.29 is 5.11 Å². The summed E-state index contributed by atoms with van der Waals surface area (Å²) in [7, 11) is 0. The van der Waals surface area contributed by atoms with Gasteiger partial charge in [-0.05, 0) is 17.3 Å². The molecule has 68 valence electrons. The number of aliphatic hydroxyl groups excluding tert-OH is 1. The van der Waals surface area contributed by atoms with Crippen LogP contribution in [0.5, 0.6) is 0 Å². The lowest BCUT2D eigenvalue weighted by Crippen LogP contribution is -2.34. The van der Waals surface area contributed by atoms with Crippen LogP contribution in [0.4, 0.5) is 0 Å². The number of aliphatic hydroxyl groups is 1. The summed E-state index contributed by atoms with van der Waals surface area (Å²) in [5, 5.41) is 8.96. The molecule has 0 aromatic carbocycles. The third-order valence-electron chi connectivity index (χ3n) is 3.19. The van der Waals surface area contributed by atoms with E-state index in [1.165, 1.54) is 0 Å². The van der Waals surface area contributed by atoms with Gasteiger partial charge in [0.05, 0.1) is 0 Å². The molecular formula is C11H18O. The summed E-state index contributed by atoms with van der Waals surface area (Å²) in [6.07, 6.45) is 9.40. The Morgan fingerprint density at radius 1 is 1.08 bits per heavy atom. The van der Waals surface area contributed by atoms with Crippen molar-refractivity contribution in [1.29, 1.82) is 0 Å². The van der Waals surface area contributed by atoms with Gasteiger partial charge in [0.15, 0.2) is 0 Å². The Bertz CT molecular complexity index is 213. The van der Waals surface area contributed by atoms with Crippen LogP contribution in [0.3, 0.4) is 0 Å². The fourth-order valence-electron chi connectivity index (χ4n) is 1.61. The first-order valence-corrected chi connectivity index (χ1v) is 4.50. The van der Waals surface area contributed by atoms with Crippen LogP contribution in [0.2, 0.25) is 0 Å². The second-order valence-electron chi connectivity index (χ2n) is 4.33. The Balaban J connectivity index is 2.88. The normalized spacial score (nSPS) is 32.3. The van der Waals surface area contributed by atoms with E-state index >= 15 is 0 Å². The van der Waals surface area contributed by atoms with Crippen LogP contribution in [0.15, 0.2) is 24.3 Å². The first-order chi connectivity index (χ1) is 5.52. The van der Waals surface area contributed by atoms with Gasteiger partial charge in [0.25, 0.3) is 0 Å². The summed E-state index contributed by atoms with van der Waals surface area (Å²) in [6, 6.07) is 0. The van der Waals surface area contributed by atoms with Crippen LogP contribution in [0, 0.1) is 10.8 Å². The van der Waals surface area contributed by atoms with Crippen LogP contribution in [0.1, 0.15) is 27.2 Å². The third kappa shape index (κ3) is 1.46. The van der Waals surface area contributed by atoms with E-state index in [0.29, 0.717) is 0 Å². The molecule has 0 saturated heterocycles. The highest BCUT2D eigenvalue weighted by molar-refractivity contribution is 5.22. The molecule has 1 nitrogen and oxygen atoms in total. The third-order valence-corrected chi connectivity index (χ3v) is 3.19. The first kappa shape index (κ1) is 9.53. The smallest absolute Gasteiger partial charge is 0.0439 e. The van der Waals surface area contributed by atoms with E-state index in [9.17, 15) is 0 Å². The molecule has 0 bridgehead atoms. The summed E-state index contributed by atoms with van der Waals surface area (Å²) < 4.78 is 0. The minimum absolute atomic E-state index is 0.108. The van der Waals surface area contributed by atoms with Crippen molar-refractivity contribution in [3.05, 3.63) is 24.3 Å². The molecule has 12 heavy (non-hydrogen) atoms. The second-order valence-corrected chi connectivity index (χ2v) is 4.33. The maximum absolute atomic E-state index is 8.96.